The Hall–Kier alpha value is -2.86. The molecule has 1 unspecified atom stereocenters. The second-order valence-corrected chi connectivity index (χ2v) is 6.96. The highest BCUT2D eigenvalue weighted by Gasteiger charge is 2.20. The lowest BCUT2D eigenvalue weighted by atomic mass is 9.99. The standard InChI is InChI=1S/C21H26N4O2/c1-15(25-11-10-17-4-2-3-5-19(17)14-25)12-23-20(26)18-8-6-16(7-9-18)13-24-21(22)27/h2-9,15H,10-14H2,1H3,(H,23,26)(H3,22,24,27). The van der Waals surface area contributed by atoms with Crippen LogP contribution in [0.5, 0.6) is 0 Å². The first-order valence-electron chi connectivity index (χ1n) is 9.24. The van der Waals surface area contributed by atoms with Gasteiger partial charge in [0, 0.05) is 37.8 Å². The second-order valence-electron chi connectivity index (χ2n) is 6.96. The number of benzene rings is 2. The van der Waals surface area contributed by atoms with Crippen molar-refractivity contribution < 1.29 is 9.59 Å². The summed E-state index contributed by atoms with van der Waals surface area (Å²) in [6.45, 7) is 5.04. The fraction of sp³-hybridized carbons (Fsp3) is 0.333. The summed E-state index contributed by atoms with van der Waals surface area (Å²) < 4.78 is 0. The van der Waals surface area contributed by atoms with Gasteiger partial charge in [0.05, 0.1) is 0 Å². The highest BCUT2D eigenvalue weighted by atomic mass is 16.2. The number of carbonyl (C=O) groups is 2. The predicted octanol–water partition coefficient (Wildman–Crippen LogP) is 2.03. The van der Waals surface area contributed by atoms with E-state index in [1.165, 1.54) is 11.1 Å². The van der Waals surface area contributed by atoms with Gasteiger partial charge in [0.2, 0.25) is 0 Å². The molecule has 0 radical (unpaired) electrons. The van der Waals surface area contributed by atoms with E-state index in [1.54, 1.807) is 12.1 Å². The van der Waals surface area contributed by atoms with Crippen molar-refractivity contribution in [2.75, 3.05) is 13.1 Å². The van der Waals surface area contributed by atoms with E-state index in [9.17, 15) is 9.59 Å². The molecule has 142 valence electrons. The summed E-state index contributed by atoms with van der Waals surface area (Å²) in [5.41, 5.74) is 9.36. The van der Waals surface area contributed by atoms with Gasteiger partial charge in [0.15, 0.2) is 0 Å². The van der Waals surface area contributed by atoms with Gasteiger partial charge in [-0.05, 0) is 42.2 Å². The number of amides is 3. The van der Waals surface area contributed by atoms with Crippen LogP contribution in [0, 0.1) is 0 Å². The molecule has 1 atom stereocenters. The van der Waals surface area contributed by atoms with E-state index >= 15 is 0 Å². The molecule has 1 aliphatic heterocycles. The molecule has 0 aromatic heterocycles. The molecule has 3 rings (SSSR count). The third-order valence-electron chi connectivity index (χ3n) is 5.02. The van der Waals surface area contributed by atoms with E-state index in [0.29, 0.717) is 18.7 Å². The van der Waals surface area contributed by atoms with Gasteiger partial charge in [0.1, 0.15) is 0 Å². The molecular formula is C21H26N4O2. The van der Waals surface area contributed by atoms with Crippen molar-refractivity contribution in [2.45, 2.75) is 32.5 Å². The van der Waals surface area contributed by atoms with Crippen LogP contribution >= 0.6 is 0 Å². The maximum absolute atomic E-state index is 12.4. The Bertz CT molecular complexity index is 804. The second kappa shape index (κ2) is 8.68. The third-order valence-corrected chi connectivity index (χ3v) is 5.02. The van der Waals surface area contributed by atoms with Crippen LogP contribution in [0.25, 0.3) is 0 Å². The van der Waals surface area contributed by atoms with Gasteiger partial charge < -0.3 is 16.4 Å². The van der Waals surface area contributed by atoms with E-state index in [1.807, 2.05) is 12.1 Å². The van der Waals surface area contributed by atoms with Gasteiger partial charge in [-0.15, -0.1) is 0 Å². The lowest BCUT2D eigenvalue weighted by Crippen LogP contribution is -2.44. The summed E-state index contributed by atoms with van der Waals surface area (Å²) in [4.78, 5) is 25.5. The normalized spacial score (nSPS) is 14.9. The van der Waals surface area contributed by atoms with Crippen LogP contribution < -0.4 is 16.4 Å². The molecule has 0 aliphatic carbocycles. The number of hydrogen-bond donors (Lipinski definition) is 3. The molecule has 6 nitrogen and oxygen atoms in total. The Morgan fingerprint density at radius 1 is 1.07 bits per heavy atom. The van der Waals surface area contributed by atoms with Gasteiger partial charge in [-0.25, -0.2) is 4.79 Å². The SMILES string of the molecule is CC(CNC(=O)c1ccc(CNC(N)=O)cc1)N1CCc2ccccc2C1. The summed E-state index contributed by atoms with van der Waals surface area (Å²) in [5, 5.41) is 5.55. The van der Waals surface area contributed by atoms with Crippen LogP contribution in [0.2, 0.25) is 0 Å². The van der Waals surface area contributed by atoms with Gasteiger partial charge >= 0.3 is 6.03 Å². The van der Waals surface area contributed by atoms with Crippen LogP contribution in [0.3, 0.4) is 0 Å². The molecule has 0 saturated heterocycles. The minimum Gasteiger partial charge on any atom is -0.352 e. The van der Waals surface area contributed by atoms with Gasteiger partial charge in [-0.2, -0.15) is 0 Å². The topological polar surface area (TPSA) is 87.5 Å². The number of nitrogens with zero attached hydrogens (tertiary/aromatic N) is 1. The predicted molar refractivity (Wildman–Crippen MR) is 105 cm³/mol. The van der Waals surface area contributed by atoms with Crippen LogP contribution in [-0.2, 0) is 19.5 Å². The third kappa shape index (κ3) is 5.08. The summed E-state index contributed by atoms with van der Waals surface area (Å²) in [6, 6.07) is 15.4. The van der Waals surface area contributed by atoms with Crippen LogP contribution in [0.1, 0.15) is 34.0 Å². The number of carbonyl (C=O) groups excluding carboxylic acids is 2. The fourth-order valence-electron chi connectivity index (χ4n) is 3.33. The van der Waals surface area contributed by atoms with Crippen molar-refractivity contribution in [3.8, 4) is 0 Å². The highest BCUT2D eigenvalue weighted by molar-refractivity contribution is 5.94. The molecule has 27 heavy (non-hydrogen) atoms. The van der Waals surface area contributed by atoms with Crippen LogP contribution in [0.4, 0.5) is 4.79 Å². The molecule has 0 bridgehead atoms. The van der Waals surface area contributed by atoms with Crippen molar-refractivity contribution in [3.05, 3.63) is 70.8 Å². The maximum Gasteiger partial charge on any atom is 0.312 e. The Morgan fingerprint density at radius 2 is 1.78 bits per heavy atom. The largest absolute Gasteiger partial charge is 0.352 e. The fourth-order valence-corrected chi connectivity index (χ4v) is 3.33. The molecule has 2 aromatic rings. The van der Waals surface area contributed by atoms with Gasteiger partial charge in [-0.1, -0.05) is 36.4 Å². The molecule has 6 heteroatoms. The maximum atomic E-state index is 12.4. The number of fused-ring (bicyclic) bond motifs is 1. The highest BCUT2D eigenvalue weighted by Crippen LogP contribution is 2.20. The number of primary amides is 1. The van der Waals surface area contributed by atoms with E-state index in [0.717, 1.165) is 25.1 Å². The van der Waals surface area contributed by atoms with Crippen molar-refractivity contribution >= 4 is 11.9 Å². The molecule has 1 aliphatic rings. The van der Waals surface area contributed by atoms with Crippen molar-refractivity contribution in [1.82, 2.24) is 15.5 Å². The Kier molecular flexibility index (Phi) is 6.08. The summed E-state index contributed by atoms with van der Waals surface area (Å²) >= 11 is 0. The first-order valence-corrected chi connectivity index (χ1v) is 9.24. The number of urea groups is 1. The van der Waals surface area contributed by atoms with Gasteiger partial charge in [-0.3, -0.25) is 9.69 Å². The van der Waals surface area contributed by atoms with E-state index < -0.39 is 6.03 Å². The molecule has 0 saturated carbocycles. The lowest BCUT2D eigenvalue weighted by Gasteiger charge is -2.33. The van der Waals surface area contributed by atoms with Gasteiger partial charge in [0.25, 0.3) is 5.91 Å². The zero-order chi connectivity index (χ0) is 19.2. The van der Waals surface area contributed by atoms with Crippen LogP contribution in [0.15, 0.2) is 48.5 Å². The quantitative estimate of drug-likeness (QED) is 0.731. The number of nitrogens with one attached hydrogen (secondary N) is 2. The first kappa shape index (κ1) is 18.9. The minimum atomic E-state index is -0.564. The Morgan fingerprint density at radius 3 is 2.48 bits per heavy atom. The summed E-state index contributed by atoms with van der Waals surface area (Å²) in [6.07, 6.45) is 1.05. The van der Waals surface area contributed by atoms with E-state index in [-0.39, 0.29) is 11.9 Å². The van der Waals surface area contributed by atoms with Crippen molar-refractivity contribution in [1.29, 1.82) is 0 Å². The average molecular weight is 366 g/mol. The molecule has 0 spiro atoms. The summed E-state index contributed by atoms with van der Waals surface area (Å²) in [7, 11) is 0. The molecule has 4 N–H and O–H groups in total. The molecular weight excluding hydrogens is 340 g/mol. The minimum absolute atomic E-state index is 0.0892. The Labute approximate surface area is 159 Å². The van der Waals surface area contributed by atoms with Crippen molar-refractivity contribution in [3.63, 3.8) is 0 Å². The van der Waals surface area contributed by atoms with E-state index in [2.05, 4.69) is 46.7 Å². The molecule has 2 aromatic carbocycles. The average Bonchev–Trinajstić information content (AvgIpc) is 2.70. The number of hydrogen-bond acceptors (Lipinski definition) is 3. The zero-order valence-corrected chi connectivity index (χ0v) is 15.6. The number of nitrogens with two attached hydrogens (primary N) is 1. The first-order chi connectivity index (χ1) is 13.0. The van der Waals surface area contributed by atoms with E-state index in [4.69, 9.17) is 5.73 Å². The van der Waals surface area contributed by atoms with Crippen molar-refractivity contribution in [2.24, 2.45) is 5.73 Å². The number of rotatable bonds is 6. The lowest BCUT2D eigenvalue weighted by molar-refractivity contribution is 0.0932. The Balaban J connectivity index is 1.49. The summed E-state index contributed by atoms with van der Waals surface area (Å²) in [5.74, 6) is -0.0892. The monoisotopic (exact) mass is 366 g/mol. The van der Waals surface area contributed by atoms with Crippen LogP contribution in [-0.4, -0.2) is 36.0 Å². The molecule has 0 fully saturated rings. The molecule has 3 amide bonds. The molecule has 1 heterocycles. The zero-order valence-electron chi connectivity index (χ0n) is 15.6. The smallest absolute Gasteiger partial charge is 0.312 e.